The van der Waals surface area contributed by atoms with Crippen LogP contribution in [0, 0.1) is 11.8 Å². The summed E-state index contributed by atoms with van der Waals surface area (Å²) in [4.78, 5) is 10.8. The monoisotopic (exact) mass is 141 g/mol. The molecule has 2 N–H and O–H groups in total. The van der Waals surface area contributed by atoms with Crippen molar-refractivity contribution in [3.8, 4) is 0 Å². The molecular formula is C8H15NO. The summed E-state index contributed by atoms with van der Waals surface area (Å²) in [5.41, 5.74) is 5.19. The van der Waals surface area contributed by atoms with E-state index in [2.05, 4.69) is 6.92 Å². The van der Waals surface area contributed by atoms with Gasteiger partial charge >= 0.3 is 0 Å². The molecule has 2 heteroatoms. The average Bonchev–Trinajstić information content (AvgIpc) is 2.68. The van der Waals surface area contributed by atoms with Gasteiger partial charge in [0.2, 0.25) is 0 Å². The largest absolute Gasteiger partial charge is 0.324 e. The van der Waals surface area contributed by atoms with E-state index >= 15 is 0 Å². The highest BCUT2D eigenvalue weighted by atomic mass is 16.1. The topological polar surface area (TPSA) is 43.1 Å². The lowest BCUT2D eigenvalue weighted by molar-refractivity contribution is -0.118. The van der Waals surface area contributed by atoms with Gasteiger partial charge in [0, 0.05) is 6.42 Å². The van der Waals surface area contributed by atoms with Crippen LogP contribution in [0.15, 0.2) is 0 Å². The third-order valence-corrected chi connectivity index (χ3v) is 2.20. The molecule has 58 valence electrons. The molecule has 0 aromatic heterocycles. The molecule has 0 aromatic rings. The Morgan fingerprint density at radius 1 is 1.70 bits per heavy atom. The number of carbonyl (C=O) groups is 1. The Morgan fingerprint density at radius 2 is 2.30 bits per heavy atom. The normalized spacial score (nSPS) is 20.6. The molecular weight excluding hydrogens is 126 g/mol. The van der Waals surface area contributed by atoms with Gasteiger partial charge in [-0.25, -0.2) is 0 Å². The Morgan fingerprint density at radius 3 is 2.70 bits per heavy atom. The Kier molecular flexibility index (Phi) is 2.44. The van der Waals surface area contributed by atoms with Crippen LogP contribution in [0.1, 0.15) is 26.2 Å². The lowest BCUT2D eigenvalue weighted by Gasteiger charge is -2.06. The van der Waals surface area contributed by atoms with Gasteiger partial charge in [-0.1, -0.05) is 6.92 Å². The number of carbonyl (C=O) groups excluding carboxylic acids is 1. The molecule has 0 amide bonds. The van der Waals surface area contributed by atoms with E-state index in [0.29, 0.717) is 12.3 Å². The molecule has 0 aliphatic heterocycles. The van der Waals surface area contributed by atoms with E-state index in [0.717, 1.165) is 5.92 Å². The Bertz CT molecular complexity index is 129. The van der Waals surface area contributed by atoms with E-state index in [4.69, 9.17) is 5.73 Å². The SMILES string of the molecule is CC(CC(=O)CN)C1CC1. The smallest absolute Gasteiger partial charge is 0.146 e. The summed E-state index contributed by atoms with van der Waals surface area (Å²) >= 11 is 0. The van der Waals surface area contributed by atoms with Crippen LogP contribution in [0.2, 0.25) is 0 Å². The van der Waals surface area contributed by atoms with Crippen LogP contribution in [0.4, 0.5) is 0 Å². The van der Waals surface area contributed by atoms with Gasteiger partial charge in [0.05, 0.1) is 6.54 Å². The van der Waals surface area contributed by atoms with E-state index in [1.54, 1.807) is 0 Å². The van der Waals surface area contributed by atoms with Crippen LogP contribution in [0.5, 0.6) is 0 Å². The van der Waals surface area contributed by atoms with Crippen molar-refractivity contribution in [1.29, 1.82) is 0 Å². The van der Waals surface area contributed by atoms with E-state index in [1.165, 1.54) is 12.8 Å². The maximum Gasteiger partial charge on any atom is 0.146 e. The van der Waals surface area contributed by atoms with Crippen LogP contribution in [0.25, 0.3) is 0 Å². The fourth-order valence-electron chi connectivity index (χ4n) is 1.27. The maximum absolute atomic E-state index is 10.8. The van der Waals surface area contributed by atoms with Crippen molar-refractivity contribution in [2.75, 3.05) is 6.54 Å². The number of nitrogens with two attached hydrogens (primary N) is 1. The molecule has 2 nitrogen and oxygen atoms in total. The Balaban J connectivity index is 2.16. The summed E-state index contributed by atoms with van der Waals surface area (Å²) in [6.45, 7) is 2.36. The van der Waals surface area contributed by atoms with Crippen LogP contribution in [-0.2, 0) is 4.79 Å². The van der Waals surface area contributed by atoms with Gasteiger partial charge in [0.1, 0.15) is 5.78 Å². The number of ketones is 1. The Hall–Kier alpha value is -0.370. The molecule has 1 rings (SSSR count). The van der Waals surface area contributed by atoms with Crippen molar-refractivity contribution >= 4 is 5.78 Å². The quantitative estimate of drug-likeness (QED) is 0.633. The molecule has 0 radical (unpaired) electrons. The first-order valence-electron chi connectivity index (χ1n) is 3.95. The molecule has 0 bridgehead atoms. The zero-order valence-electron chi connectivity index (χ0n) is 6.47. The molecule has 1 aliphatic rings. The second-order valence-corrected chi connectivity index (χ2v) is 3.26. The summed E-state index contributed by atoms with van der Waals surface area (Å²) < 4.78 is 0. The predicted molar refractivity (Wildman–Crippen MR) is 40.6 cm³/mol. The summed E-state index contributed by atoms with van der Waals surface area (Å²) in [5.74, 6) is 1.62. The lowest BCUT2D eigenvalue weighted by atomic mass is 10.00. The molecule has 1 fully saturated rings. The third-order valence-electron chi connectivity index (χ3n) is 2.20. The highest BCUT2D eigenvalue weighted by Crippen LogP contribution is 2.38. The van der Waals surface area contributed by atoms with Gasteiger partial charge in [-0.3, -0.25) is 4.79 Å². The standard InChI is InChI=1S/C8H15NO/c1-6(7-2-3-7)4-8(10)5-9/h6-7H,2-5,9H2,1H3. The van der Waals surface area contributed by atoms with Crippen LogP contribution < -0.4 is 5.73 Å². The summed E-state index contributed by atoms with van der Waals surface area (Å²) in [6.07, 6.45) is 3.33. The van der Waals surface area contributed by atoms with Crippen molar-refractivity contribution in [3.05, 3.63) is 0 Å². The molecule has 0 aromatic carbocycles. The van der Waals surface area contributed by atoms with Gasteiger partial charge in [-0.15, -0.1) is 0 Å². The molecule has 0 heterocycles. The molecule has 10 heavy (non-hydrogen) atoms. The average molecular weight is 141 g/mol. The molecule has 1 aliphatic carbocycles. The summed E-state index contributed by atoms with van der Waals surface area (Å²) in [6, 6.07) is 0. The van der Waals surface area contributed by atoms with E-state index in [1.807, 2.05) is 0 Å². The minimum Gasteiger partial charge on any atom is -0.324 e. The highest BCUT2D eigenvalue weighted by molar-refractivity contribution is 5.80. The molecule has 1 unspecified atom stereocenters. The predicted octanol–water partition coefficient (Wildman–Crippen LogP) is 0.950. The highest BCUT2D eigenvalue weighted by Gasteiger charge is 2.28. The molecule has 1 saturated carbocycles. The van der Waals surface area contributed by atoms with Gasteiger partial charge in [0.25, 0.3) is 0 Å². The molecule has 0 spiro atoms. The molecule has 1 atom stereocenters. The van der Waals surface area contributed by atoms with Gasteiger partial charge in [0.15, 0.2) is 0 Å². The van der Waals surface area contributed by atoms with Crippen LogP contribution >= 0.6 is 0 Å². The van der Waals surface area contributed by atoms with Crippen molar-refractivity contribution in [3.63, 3.8) is 0 Å². The number of hydrogen-bond donors (Lipinski definition) is 1. The fourth-order valence-corrected chi connectivity index (χ4v) is 1.27. The summed E-state index contributed by atoms with van der Waals surface area (Å²) in [5, 5.41) is 0. The maximum atomic E-state index is 10.8. The van der Waals surface area contributed by atoms with Crippen LogP contribution in [-0.4, -0.2) is 12.3 Å². The zero-order valence-corrected chi connectivity index (χ0v) is 6.47. The van der Waals surface area contributed by atoms with Gasteiger partial charge in [-0.05, 0) is 24.7 Å². The first-order chi connectivity index (χ1) is 4.74. The fraction of sp³-hybridized carbons (Fsp3) is 0.875. The summed E-state index contributed by atoms with van der Waals surface area (Å²) in [7, 11) is 0. The molecule has 0 saturated heterocycles. The van der Waals surface area contributed by atoms with Gasteiger partial charge < -0.3 is 5.73 Å². The number of rotatable bonds is 4. The minimum atomic E-state index is 0.208. The van der Waals surface area contributed by atoms with Crippen molar-refractivity contribution in [2.45, 2.75) is 26.2 Å². The van der Waals surface area contributed by atoms with Gasteiger partial charge in [-0.2, -0.15) is 0 Å². The van der Waals surface area contributed by atoms with Crippen LogP contribution in [0.3, 0.4) is 0 Å². The van der Waals surface area contributed by atoms with Crippen molar-refractivity contribution < 1.29 is 4.79 Å². The first kappa shape index (κ1) is 7.73. The third kappa shape index (κ3) is 2.10. The van der Waals surface area contributed by atoms with E-state index in [-0.39, 0.29) is 12.3 Å². The van der Waals surface area contributed by atoms with Crippen molar-refractivity contribution in [2.24, 2.45) is 17.6 Å². The second-order valence-electron chi connectivity index (χ2n) is 3.26. The zero-order chi connectivity index (χ0) is 7.56. The van der Waals surface area contributed by atoms with Crippen molar-refractivity contribution in [1.82, 2.24) is 0 Å². The van der Waals surface area contributed by atoms with E-state index < -0.39 is 0 Å². The lowest BCUT2D eigenvalue weighted by Crippen LogP contribution is -2.16. The number of hydrogen-bond acceptors (Lipinski definition) is 2. The minimum absolute atomic E-state index is 0.208. The number of Topliss-reactive ketones (excluding diaryl/α,β-unsaturated/α-hetero) is 1. The second kappa shape index (κ2) is 3.15. The van der Waals surface area contributed by atoms with E-state index in [9.17, 15) is 4.79 Å². The first-order valence-corrected chi connectivity index (χ1v) is 3.95. The Labute approximate surface area is 61.8 Å².